The first-order valence-corrected chi connectivity index (χ1v) is 8.62. The smallest absolute Gasteiger partial charge is 0.115 e. The summed E-state index contributed by atoms with van der Waals surface area (Å²) in [5.41, 5.74) is 1.99. The summed E-state index contributed by atoms with van der Waals surface area (Å²) < 4.78 is 2.00. The van der Waals surface area contributed by atoms with Crippen LogP contribution in [0.25, 0.3) is 22.0 Å². The van der Waals surface area contributed by atoms with E-state index in [0.717, 1.165) is 40.9 Å². The fourth-order valence-electron chi connectivity index (χ4n) is 3.85. The largest absolute Gasteiger partial charge is 0.263 e. The normalized spacial score (nSPS) is 23.3. The summed E-state index contributed by atoms with van der Waals surface area (Å²) in [7, 11) is 0. The van der Waals surface area contributed by atoms with Gasteiger partial charge >= 0.3 is 0 Å². The number of fused-ring (bicyclic) bond motifs is 1. The van der Waals surface area contributed by atoms with Crippen molar-refractivity contribution in [2.75, 3.05) is 0 Å². The van der Waals surface area contributed by atoms with Crippen LogP contribution in [0.4, 0.5) is 0 Å². The third-order valence-corrected chi connectivity index (χ3v) is 5.42. The molecule has 5 rings (SSSR count). The maximum Gasteiger partial charge on any atom is 0.115 e. The molecular weight excluding hydrogens is 284 g/mol. The Hall–Kier alpha value is -2.23. The summed E-state index contributed by atoms with van der Waals surface area (Å²) in [5, 5.41) is 11.0. The van der Waals surface area contributed by atoms with E-state index in [1.807, 2.05) is 23.1 Å². The highest BCUT2D eigenvalue weighted by Crippen LogP contribution is 2.55. The number of nitrogens with zero attached hydrogens (tertiary/aromatic N) is 4. The minimum absolute atomic E-state index is 0.920. The summed E-state index contributed by atoms with van der Waals surface area (Å²) in [6.45, 7) is 0.985. The molecule has 0 saturated heterocycles. The van der Waals surface area contributed by atoms with Crippen molar-refractivity contribution < 1.29 is 0 Å². The second-order valence-electron chi connectivity index (χ2n) is 7.06. The molecule has 4 nitrogen and oxygen atoms in total. The Kier molecular flexibility index (Phi) is 2.96. The molecule has 2 aromatic heterocycles. The van der Waals surface area contributed by atoms with Gasteiger partial charge in [-0.1, -0.05) is 29.5 Å². The topological polar surface area (TPSA) is 43.6 Å². The Balaban J connectivity index is 1.34. The van der Waals surface area contributed by atoms with Crippen LogP contribution >= 0.6 is 0 Å². The van der Waals surface area contributed by atoms with Crippen LogP contribution in [0.15, 0.2) is 42.9 Å². The molecule has 0 unspecified atom stereocenters. The van der Waals surface area contributed by atoms with Crippen molar-refractivity contribution in [2.24, 2.45) is 17.8 Å². The van der Waals surface area contributed by atoms with E-state index in [9.17, 15) is 0 Å². The van der Waals surface area contributed by atoms with Crippen molar-refractivity contribution in [1.82, 2.24) is 20.0 Å². The van der Waals surface area contributed by atoms with Gasteiger partial charge < -0.3 is 0 Å². The van der Waals surface area contributed by atoms with Crippen molar-refractivity contribution in [3.63, 3.8) is 0 Å². The highest BCUT2D eigenvalue weighted by molar-refractivity contribution is 5.94. The lowest BCUT2D eigenvalue weighted by Crippen LogP contribution is -2.00. The molecule has 2 heterocycles. The van der Waals surface area contributed by atoms with E-state index in [4.69, 9.17) is 0 Å². The van der Waals surface area contributed by atoms with Gasteiger partial charge in [0.25, 0.3) is 0 Å². The van der Waals surface area contributed by atoms with Crippen molar-refractivity contribution >= 4 is 10.8 Å². The molecule has 2 aliphatic rings. The lowest BCUT2D eigenvalue weighted by molar-refractivity contribution is 0.499. The lowest BCUT2D eigenvalue weighted by Gasteiger charge is -2.02. The van der Waals surface area contributed by atoms with Gasteiger partial charge in [0.05, 0.1) is 6.20 Å². The zero-order valence-corrected chi connectivity index (χ0v) is 13.1. The number of hydrogen-bond acceptors (Lipinski definition) is 3. The van der Waals surface area contributed by atoms with Gasteiger partial charge in [-0.25, -0.2) is 0 Å². The van der Waals surface area contributed by atoms with Gasteiger partial charge in [-0.2, -0.15) is 0 Å². The molecule has 23 heavy (non-hydrogen) atoms. The highest BCUT2D eigenvalue weighted by atomic mass is 15.4. The SMILES string of the molecule is c1ccc2c(-c3cn(CC[C@@H]4C[C@H]4C4CC4)nn3)cncc2c1. The molecule has 0 N–H and O–H groups in total. The predicted octanol–water partition coefficient (Wildman–Crippen LogP) is 3.93. The van der Waals surface area contributed by atoms with E-state index in [1.54, 1.807) is 0 Å². The Morgan fingerprint density at radius 2 is 2.04 bits per heavy atom. The second-order valence-corrected chi connectivity index (χ2v) is 7.06. The van der Waals surface area contributed by atoms with Crippen LogP contribution in [-0.4, -0.2) is 20.0 Å². The van der Waals surface area contributed by atoms with E-state index in [2.05, 4.69) is 39.7 Å². The zero-order chi connectivity index (χ0) is 15.2. The van der Waals surface area contributed by atoms with Crippen molar-refractivity contribution in [3.8, 4) is 11.3 Å². The molecular formula is C19H20N4. The van der Waals surface area contributed by atoms with Crippen molar-refractivity contribution in [3.05, 3.63) is 42.9 Å². The Morgan fingerprint density at radius 1 is 1.13 bits per heavy atom. The van der Waals surface area contributed by atoms with E-state index in [0.29, 0.717) is 0 Å². The van der Waals surface area contributed by atoms with Gasteiger partial charge in [-0.05, 0) is 48.8 Å². The summed E-state index contributed by atoms with van der Waals surface area (Å²) >= 11 is 0. The third kappa shape index (κ3) is 2.52. The van der Waals surface area contributed by atoms with E-state index >= 15 is 0 Å². The monoisotopic (exact) mass is 304 g/mol. The number of aromatic nitrogens is 4. The highest BCUT2D eigenvalue weighted by Gasteiger charge is 2.46. The Morgan fingerprint density at radius 3 is 2.96 bits per heavy atom. The minimum Gasteiger partial charge on any atom is -0.263 e. The van der Waals surface area contributed by atoms with Gasteiger partial charge in [-0.3, -0.25) is 9.67 Å². The molecule has 0 bridgehead atoms. The summed E-state index contributed by atoms with van der Waals surface area (Å²) in [5.74, 6) is 3.03. The summed E-state index contributed by atoms with van der Waals surface area (Å²) in [4.78, 5) is 4.34. The van der Waals surface area contributed by atoms with Crippen LogP contribution in [0.5, 0.6) is 0 Å². The number of rotatable bonds is 5. The van der Waals surface area contributed by atoms with Gasteiger partial charge in [0, 0.05) is 29.9 Å². The average molecular weight is 304 g/mol. The van der Waals surface area contributed by atoms with Crippen LogP contribution in [0.1, 0.15) is 25.7 Å². The molecule has 4 heteroatoms. The number of pyridine rings is 1. The van der Waals surface area contributed by atoms with Crippen LogP contribution in [0.2, 0.25) is 0 Å². The van der Waals surface area contributed by atoms with Gasteiger partial charge in [-0.15, -0.1) is 5.10 Å². The van der Waals surface area contributed by atoms with Crippen LogP contribution in [-0.2, 0) is 6.54 Å². The molecule has 2 atom stereocenters. The summed E-state index contributed by atoms with van der Waals surface area (Å²) in [6, 6.07) is 8.30. The quantitative estimate of drug-likeness (QED) is 0.717. The molecule has 3 aromatic rings. The van der Waals surface area contributed by atoms with E-state index in [-0.39, 0.29) is 0 Å². The summed E-state index contributed by atoms with van der Waals surface area (Å²) in [6.07, 6.45) is 11.5. The second kappa shape index (κ2) is 5.15. The molecule has 116 valence electrons. The zero-order valence-electron chi connectivity index (χ0n) is 13.1. The number of benzene rings is 1. The molecule has 0 radical (unpaired) electrons. The van der Waals surface area contributed by atoms with Gasteiger partial charge in [0.15, 0.2) is 0 Å². The maximum absolute atomic E-state index is 4.37. The Bertz CT molecular complexity index is 844. The third-order valence-electron chi connectivity index (χ3n) is 5.42. The maximum atomic E-state index is 4.37. The molecule has 0 spiro atoms. The predicted molar refractivity (Wildman–Crippen MR) is 89.7 cm³/mol. The first-order chi connectivity index (χ1) is 11.4. The number of hydrogen-bond donors (Lipinski definition) is 0. The van der Waals surface area contributed by atoms with Crippen LogP contribution in [0, 0.1) is 17.8 Å². The first kappa shape index (κ1) is 13.2. The van der Waals surface area contributed by atoms with Crippen LogP contribution < -0.4 is 0 Å². The van der Waals surface area contributed by atoms with E-state index in [1.165, 1.54) is 31.1 Å². The molecule has 0 aliphatic heterocycles. The van der Waals surface area contributed by atoms with Gasteiger partial charge in [0.2, 0.25) is 0 Å². The first-order valence-electron chi connectivity index (χ1n) is 8.62. The van der Waals surface area contributed by atoms with Crippen LogP contribution in [0.3, 0.4) is 0 Å². The van der Waals surface area contributed by atoms with Crippen molar-refractivity contribution in [2.45, 2.75) is 32.2 Å². The molecule has 0 amide bonds. The minimum atomic E-state index is 0.920. The van der Waals surface area contributed by atoms with Crippen molar-refractivity contribution in [1.29, 1.82) is 0 Å². The lowest BCUT2D eigenvalue weighted by atomic mass is 10.1. The molecule has 2 aliphatic carbocycles. The molecule has 1 aromatic carbocycles. The Labute approximate surface area is 135 Å². The molecule has 2 fully saturated rings. The average Bonchev–Trinajstić information content (AvgIpc) is 3.50. The molecule has 2 saturated carbocycles. The van der Waals surface area contributed by atoms with E-state index < -0.39 is 0 Å². The fraction of sp³-hybridized carbons (Fsp3) is 0.421. The van der Waals surface area contributed by atoms with Gasteiger partial charge in [0.1, 0.15) is 5.69 Å². The number of aryl methyl sites for hydroxylation is 1. The standard InChI is InChI=1S/C19H20N4/c1-2-4-16-15(3-1)10-20-11-18(16)19-12-23(22-21-19)8-7-14-9-17(14)13-5-6-13/h1-4,10-14,17H,5-9H2/t14-,17+/m1/s1. The fourth-order valence-corrected chi connectivity index (χ4v) is 3.85.